The summed E-state index contributed by atoms with van der Waals surface area (Å²) in [5.41, 5.74) is 1.61. The lowest BCUT2D eigenvalue weighted by atomic mass is 10.1. The summed E-state index contributed by atoms with van der Waals surface area (Å²) < 4.78 is 23.8. The number of sulfone groups is 1. The van der Waals surface area contributed by atoms with Crippen LogP contribution < -0.4 is 0 Å². The van der Waals surface area contributed by atoms with Crippen LogP contribution in [0.25, 0.3) is 10.9 Å². The molecular formula is C12H13NO2S. The van der Waals surface area contributed by atoms with Gasteiger partial charge < -0.3 is 0 Å². The summed E-state index contributed by atoms with van der Waals surface area (Å²) in [6.45, 7) is 3.59. The van der Waals surface area contributed by atoms with E-state index < -0.39 is 9.84 Å². The van der Waals surface area contributed by atoms with Crippen LogP contribution in [0.4, 0.5) is 0 Å². The van der Waals surface area contributed by atoms with Gasteiger partial charge in [0, 0.05) is 11.6 Å². The number of benzene rings is 1. The molecule has 4 heteroatoms. The van der Waals surface area contributed by atoms with Gasteiger partial charge in [-0.3, -0.25) is 4.98 Å². The van der Waals surface area contributed by atoms with E-state index in [-0.39, 0.29) is 5.75 Å². The summed E-state index contributed by atoms with van der Waals surface area (Å²) >= 11 is 0. The molecule has 0 aliphatic heterocycles. The Morgan fingerprint density at radius 1 is 1.25 bits per heavy atom. The average molecular weight is 235 g/mol. The summed E-state index contributed by atoms with van der Waals surface area (Å²) in [4.78, 5) is 4.51. The molecule has 2 rings (SSSR count). The van der Waals surface area contributed by atoms with Crippen molar-refractivity contribution in [2.75, 3.05) is 5.75 Å². The van der Waals surface area contributed by atoms with Crippen molar-refractivity contribution in [2.45, 2.75) is 18.7 Å². The van der Waals surface area contributed by atoms with E-state index in [1.807, 2.05) is 19.1 Å². The lowest BCUT2D eigenvalue weighted by molar-refractivity contribution is 0.598. The quantitative estimate of drug-likeness (QED) is 0.802. The Morgan fingerprint density at radius 3 is 2.69 bits per heavy atom. The predicted octanol–water partition coefficient (Wildman–Crippen LogP) is 2.34. The molecule has 3 nitrogen and oxygen atoms in total. The van der Waals surface area contributed by atoms with Crippen molar-refractivity contribution >= 4 is 20.7 Å². The van der Waals surface area contributed by atoms with Crippen LogP contribution >= 0.6 is 0 Å². The van der Waals surface area contributed by atoms with E-state index in [1.54, 1.807) is 25.3 Å². The maximum Gasteiger partial charge on any atom is 0.180 e. The first-order chi connectivity index (χ1) is 7.56. The van der Waals surface area contributed by atoms with Crippen LogP contribution in [0, 0.1) is 6.92 Å². The van der Waals surface area contributed by atoms with Crippen molar-refractivity contribution in [1.82, 2.24) is 4.98 Å². The highest BCUT2D eigenvalue weighted by Gasteiger charge is 2.16. The molecule has 0 fully saturated rings. The van der Waals surface area contributed by atoms with E-state index >= 15 is 0 Å². The second-order valence-corrected chi connectivity index (χ2v) is 5.93. The molecule has 1 aromatic carbocycles. The predicted molar refractivity (Wildman–Crippen MR) is 64.2 cm³/mol. The molecule has 0 saturated heterocycles. The molecule has 0 aliphatic carbocycles. The molecule has 0 amide bonds. The third-order valence-corrected chi connectivity index (χ3v) is 4.43. The van der Waals surface area contributed by atoms with Crippen LogP contribution in [0.2, 0.25) is 0 Å². The number of hydrogen-bond acceptors (Lipinski definition) is 3. The molecule has 0 atom stereocenters. The highest BCUT2D eigenvalue weighted by molar-refractivity contribution is 7.91. The second kappa shape index (κ2) is 3.87. The lowest BCUT2D eigenvalue weighted by Crippen LogP contribution is -2.05. The number of hydrogen-bond donors (Lipinski definition) is 0. The molecule has 0 N–H and O–H groups in total. The van der Waals surface area contributed by atoms with Crippen LogP contribution in [0.3, 0.4) is 0 Å². The van der Waals surface area contributed by atoms with Gasteiger partial charge in [-0.2, -0.15) is 0 Å². The number of fused-ring (bicyclic) bond motifs is 1. The molecule has 0 radical (unpaired) electrons. The van der Waals surface area contributed by atoms with E-state index in [0.29, 0.717) is 10.4 Å². The van der Waals surface area contributed by atoms with Crippen molar-refractivity contribution in [1.29, 1.82) is 0 Å². The number of rotatable bonds is 2. The fraction of sp³-hybridized carbons (Fsp3) is 0.250. The van der Waals surface area contributed by atoms with E-state index in [0.717, 1.165) is 10.9 Å². The van der Waals surface area contributed by atoms with Crippen molar-refractivity contribution in [3.05, 3.63) is 36.0 Å². The lowest BCUT2D eigenvalue weighted by Gasteiger charge is -2.06. The molecule has 0 unspecified atom stereocenters. The molecule has 16 heavy (non-hydrogen) atoms. The van der Waals surface area contributed by atoms with Gasteiger partial charge in [-0.15, -0.1) is 0 Å². The Hall–Kier alpha value is -1.42. The van der Waals surface area contributed by atoms with Crippen LogP contribution in [0.1, 0.15) is 12.5 Å². The average Bonchev–Trinajstić information content (AvgIpc) is 2.29. The molecule has 0 bridgehead atoms. The minimum atomic E-state index is -3.20. The van der Waals surface area contributed by atoms with E-state index in [4.69, 9.17) is 0 Å². The highest BCUT2D eigenvalue weighted by atomic mass is 32.2. The standard InChI is InChI=1S/C12H13NO2S/c1-3-16(14,15)11-6-4-5-10-9(2)7-8-13-12(10)11/h4-8H,3H2,1-2H3. The summed E-state index contributed by atoms with van der Waals surface area (Å²) in [6.07, 6.45) is 1.65. The van der Waals surface area contributed by atoms with Crippen molar-refractivity contribution in [3.8, 4) is 0 Å². The maximum atomic E-state index is 11.9. The van der Waals surface area contributed by atoms with Gasteiger partial charge in [-0.1, -0.05) is 19.1 Å². The number of aromatic nitrogens is 1. The molecule has 84 valence electrons. The van der Waals surface area contributed by atoms with Gasteiger partial charge in [-0.05, 0) is 24.6 Å². The molecule has 0 spiro atoms. The summed E-state index contributed by atoms with van der Waals surface area (Å²) in [6, 6.07) is 7.16. The Balaban J connectivity index is 2.88. The first-order valence-electron chi connectivity index (χ1n) is 5.13. The van der Waals surface area contributed by atoms with Crippen molar-refractivity contribution in [2.24, 2.45) is 0 Å². The number of aryl methyl sites for hydroxylation is 1. The Kier molecular flexibility index (Phi) is 2.68. The zero-order valence-electron chi connectivity index (χ0n) is 9.27. The zero-order chi connectivity index (χ0) is 11.8. The molecule has 1 heterocycles. The van der Waals surface area contributed by atoms with E-state index in [1.165, 1.54) is 0 Å². The minimum Gasteiger partial charge on any atom is -0.255 e. The van der Waals surface area contributed by atoms with Gasteiger partial charge >= 0.3 is 0 Å². The Labute approximate surface area is 95.1 Å². The summed E-state index contributed by atoms with van der Waals surface area (Å²) in [7, 11) is -3.20. The number of pyridine rings is 1. The third-order valence-electron chi connectivity index (χ3n) is 2.67. The first-order valence-corrected chi connectivity index (χ1v) is 6.78. The highest BCUT2D eigenvalue weighted by Crippen LogP contribution is 2.23. The Bertz CT molecular complexity index is 633. The topological polar surface area (TPSA) is 47.0 Å². The van der Waals surface area contributed by atoms with Crippen molar-refractivity contribution < 1.29 is 8.42 Å². The molecule has 0 saturated carbocycles. The minimum absolute atomic E-state index is 0.0989. The van der Waals surface area contributed by atoms with Gasteiger partial charge in [-0.25, -0.2) is 8.42 Å². The SMILES string of the molecule is CCS(=O)(=O)c1cccc2c(C)ccnc12. The largest absolute Gasteiger partial charge is 0.255 e. The monoisotopic (exact) mass is 235 g/mol. The summed E-state index contributed by atoms with van der Waals surface area (Å²) in [5.74, 6) is 0.0989. The molecule has 1 aromatic heterocycles. The van der Waals surface area contributed by atoms with Gasteiger partial charge in [0.1, 0.15) is 0 Å². The molecular weight excluding hydrogens is 222 g/mol. The second-order valence-electron chi connectivity index (χ2n) is 3.68. The van der Waals surface area contributed by atoms with Gasteiger partial charge in [0.15, 0.2) is 9.84 Å². The van der Waals surface area contributed by atoms with Gasteiger partial charge in [0.05, 0.1) is 16.2 Å². The van der Waals surface area contributed by atoms with Gasteiger partial charge in [0.2, 0.25) is 0 Å². The fourth-order valence-electron chi connectivity index (χ4n) is 1.69. The van der Waals surface area contributed by atoms with Crippen LogP contribution in [0.5, 0.6) is 0 Å². The summed E-state index contributed by atoms with van der Waals surface area (Å²) in [5, 5.41) is 0.900. The maximum absolute atomic E-state index is 11.9. The van der Waals surface area contributed by atoms with Crippen LogP contribution in [0.15, 0.2) is 35.4 Å². The Morgan fingerprint density at radius 2 is 2.00 bits per heavy atom. The molecule has 0 aliphatic rings. The van der Waals surface area contributed by atoms with Crippen molar-refractivity contribution in [3.63, 3.8) is 0 Å². The molecule has 2 aromatic rings. The number of para-hydroxylation sites is 1. The first kappa shape index (κ1) is 11.1. The van der Waals surface area contributed by atoms with Crippen LogP contribution in [-0.4, -0.2) is 19.2 Å². The van der Waals surface area contributed by atoms with E-state index in [9.17, 15) is 8.42 Å². The van der Waals surface area contributed by atoms with Gasteiger partial charge in [0.25, 0.3) is 0 Å². The third kappa shape index (κ3) is 1.69. The van der Waals surface area contributed by atoms with E-state index in [2.05, 4.69) is 4.98 Å². The fourth-order valence-corrected chi connectivity index (χ4v) is 2.75. The zero-order valence-corrected chi connectivity index (χ0v) is 10.1. The smallest absolute Gasteiger partial charge is 0.180 e. The number of nitrogens with zero attached hydrogens (tertiary/aromatic N) is 1. The normalized spacial score (nSPS) is 11.9. The van der Waals surface area contributed by atoms with Crippen LogP contribution in [-0.2, 0) is 9.84 Å².